The van der Waals surface area contributed by atoms with Gasteiger partial charge in [0, 0.05) is 16.8 Å². The molecule has 2 aromatic rings. The van der Waals surface area contributed by atoms with E-state index in [1.165, 1.54) is 10.5 Å². The number of hydrogen-bond donors (Lipinski definition) is 2. The van der Waals surface area contributed by atoms with Crippen molar-refractivity contribution in [2.24, 2.45) is 0 Å². The summed E-state index contributed by atoms with van der Waals surface area (Å²) in [6.45, 7) is 5.87. The maximum Gasteiger partial charge on any atom is 0.254 e. The van der Waals surface area contributed by atoms with Crippen LogP contribution < -0.4 is 9.62 Å². The maximum absolute atomic E-state index is 12.7. The minimum atomic E-state index is -3.31. The van der Waals surface area contributed by atoms with Crippen molar-refractivity contribution in [2.75, 3.05) is 36.7 Å². The first-order valence-electron chi connectivity index (χ1n) is 9.24. The molecule has 0 radical (unpaired) electrons. The lowest BCUT2D eigenvalue weighted by molar-refractivity contribution is -0.917. The van der Waals surface area contributed by atoms with Gasteiger partial charge in [-0.05, 0) is 31.2 Å². The average molecular weight is 389 g/mol. The number of rotatable bonds is 6. The van der Waals surface area contributed by atoms with Crippen LogP contribution in [0.25, 0.3) is 0 Å². The first-order valence-corrected chi connectivity index (χ1v) is 10.9. The van der Waals surface area contributed by atoms with Gasteiger partial charge in [0.2, 0.25) is 10.0 Å². The van der Waals surface area contributed by atoms with Crippen molar-refractivity contribution >= 4 is 21.6 Å². The predicted molar refractivity (Wildman–Crippen MR) is 106 cm³/mol. The molecule has 3 rings (SSSR count). The van der Waals surface area contributed by atoms with Gasteiger partial charge in [-0.25, -0.2) is 8.42 Å². The Balaban J connectivity index is 1.54. The van der Waals surface area contributed by atoms with Gasteiger partial charge in [0.25, 0.3) is 5.91 Å². The van der Waals surface area contributed by atoms with Crippen molar-refractivity contribution in [3.8, 4) is 0 Å². The standard InChI is InChI=1S/C20H25N3O3S/c1-2-27(25,26)21-19-10-8-18(9-11-19)20(24)23-14-12-22(13-15-23)16-17-6-4-3-5-7-17/h3-11,21H,2,12-16H2,1H3/p+1. The SMILES string of the molecule is CCS(=O)(=O)Nc1ccc(C(=O)N2CC[NH+](Cc3ccccc3)CC2)cc1. The molecule has 1 saturated heterocycles. The van der Waals surface area contributed by atoms with Crippen LogP contribution in [0.15, 0.2) is 54.6 Å². The zero-order valence-electron chi connectivity index (χ0n) is 15.5. The highest BCUT2D eigenvalue weighted by Gasteiger charge is 2.24. The molecule has 0 aliphatic carbocycles. The number of quaternary nitrogens is 1. The normalized spacial score (nSPS) is 15.5. The third kappa shape index (κ3) is 5.30. The molecule has 6 nitrogen and oxygen atoms in total. The number of anilines is 1. The molecule has 1 fully saturated rings. The van der Waals surface area contributed by atoms with Gasteiger partial charge in [-0.15, -0.1) is 0 Å². The summed E-state index contributed by atoms with van der Waals surface area (Å²) in [7, 11) is -3.31. The zero-order valence-corrected chi connectivity index (χ0v) is 16.3. The number of piperazine rings is 1. The van der Waals surface area contributed by atoms with E-state index in [4.69, 9.17) is 0 Å². The van der Waals surface area contributed by atoms with Crippen LogP contribution in [-0.2, 0) is 16.6 Å². The molecule has 1 amide bonds. The molecule has 2 N–H and O–H groups in total. The molecule has 0 spiro atoms. The number of nitrogens with one attached hydrogen (secondary N) is 2. The van der Waals surface area contributed by atoms with Gasteiger partial charge in [-0.3, -0.25) is 9.52 Å². The lowest BCUT2D eigenvalue weighted by Crippen LogP contribution is -3.13. The summed E-state index contributed by atoms with van der Waals surface area (Å²) in [6.07, 6.45) is 0. The smallest absolute Gasteiger partial charge is 0.254 e. The van der Waals surface area contributed by atoms with Gasteiger partial charge >= 0.3 is 0 Å². The third-order valence-corrected chi connectivity index (χ3v) is 6.15. The van der Waals surface area contributed by atoms with E-state index in [-0.39, 0.29) is 11.7 Å². The zero-order chi connectivity index (χ0) is 19.3. The van der Waals surface area contributed by atoms with Crippen LogP contribution in [0.5, 0.6) is 0 Å². The molecular formula is C20H26N3O3S+. The highest BCUT2D eigenvalue weighted by atomic mass is 32.2. The van der Waals surface area contributed by atoms with Crippen LogP contribution in [0.3, 0.4) is 0 Å². The summed E-state index contributed by atoms with van der Waals surface area (Å²) >= 11 is 0. The third-order valence-electron chi connectivity index (χ3n) is 4.84. The molecule has 2 aromatic carbocycles. The second kappa shape index (κ2) is 8.54. The van der Waals surface area contributed by atoms with E-state index in [9.17, 15) is 13.2 Å². The summed E-state index contributed by atoms with van der Waals surface area (Å²) in [5, 5.41) is 0. The van der Waals surface area contributed by atoms with E-state index in [1.807, 2.05) is 11.0 Å². The number of sulfonamides is 1. The Kier molecular flexibility index (Phi) is 6.13. The van der Waals surface area contributed by atoms with Crippen molar-refractivity contribution in [1.82, 2.24) is 4.90 Å². The van der Waals surface area contributed by atoms with Crippen LogP contribution in [0.4, 0.5) is 5.69 Å². The van der Waals surface area contributed by atoms with E-state index in [1.54, 1.807) is 31.2 Å². The fourth-order valence-electron chi connectivity index (χ4n) is 3.20. The Labute approximate surface area is 160 Å². The highest BCUT2D eigenvalue weighted by molar-refractivity contribution is 7.92. The first kappa shape index (κ1) is 19.4. The summed E-state index contributed by atoms with van der Waals surface area (Å²) < 4.78 is 25.7. The average Bonchev–Trinajstić information content (AvgIpc) is 2.69. The van der Waals surface area contributed by atoms with Crippen LogP contribution in [-0.4, -0.2) is 51.2 Å². The Morgan fingerprint density at radius 2 is 1.67 bits per heavy atom. The van der Waals surface area contributed by atoms with E-state index in [2.05, 4.69) is 29.0 Å². The molecule has 0 saturated carbocycles. The Morgan fingerprint density at radius 3 is 2.26 bits per heavy atom. The molecule has 1 aliphatic heterocycles. The molecular weight excluding hydrogens is 362 g/mol. The maximum atomic E-state index is 12.7. The van der Waals surface area contributed by atoms with Crippen LogP contribution in [0, 0.1) is 0 Å². The summed E-state index contributed by atoms with van der Waals surface area (Å²) in [5.41, 5.74) is 2.38. The van der Waals surface area contributed by atoms with E-state index in [0.717, 1.165) is 32.7 Å². The second-order valence-electron chi connectivity index (χ2n) is 6.79. The number of amides is 1. The van der Waals surface area contributed by atoms with E-state index in [0.29, 0.717) is 11.3 Å². The molecule has 0 bridgehead atoms. The van der Waals surface area contributed by atoms with E-state index >= 15 is 0 Å². The summed E-state index contributed by atoms with van der Waals surface area (Å²) in [4.78, 5) is 16.1. The van der Waals surface area contributed by atoms with E-state index < -0.39 is 10.0 Å². The van der Waals surface area contributed by atoms with Crippen LogP contribution in [0.1, 0.15) is 22.8 Å². The number of benzene rings is 2. The Hall–Kier alpha value is -2.38. The Morgan fingerprint density at radius 1 is 1.04 bits per heavy atom. The quantitative estimate of drug-likeness (QED) is 0.775. The van der Waals surface area contributed by atoms with Crippen molar-refractivity contribution in [1.29, 1.82) is 0 Å². The number of carbonyl (C=O) groups is 1. The monoisotopic (exact) mass is 388 g/mol. The molecule has 1 aliphatic rings. The van der Waals surface area contributed by atoms with Crippen LogP contribution >= 0.6 is 0 Å². The van der Waals surface area contributed by atoms with Gasteiger partial charge in [0.15, 0.2) is 0 Å². The predicted octanol–water partition coefficient (Wildman–Crippen LogP) is 0.989. The van der Waals surface area contributed by atoms with Crippen molar-refractivity contribution in [3.05, 3.63) is 65.7 Å². The number of hydrogen-bond acceptors (Lipinski definition) is 3. The molecule has 144 valence electrons. The molecule has 0 aromatic heterocycles. The van der Waals surface area contributed by atoms with Crippen molar-refractivity contribution < 1.29 is 18.1 Å². The number of carbonyl (C=O) groups excluding carboxylic acids is 1. The molecule has 27 heavy (non-hydrogen) atoms. The van der Waals surface area contributed by atoms with Crippen LogP contribution in [0.2, 0.25) is 0 Å². The Bertz CT molecular complexity index is 859. The minimum absolute atomic E-state index is 0.00124. The van der Waals surface area contributed by atoms with Gasteiger partial charge in [0.1, 0.15) is 6.54 Å². The molecule has 0 unspecified atom stereocenters. The summed E-state index contributed by atoms with van der Waals surface area (Å²) in [5.74, 6) is 0.0159. The van der Waals surface area contributed by atoms with Gasteiger partial charge in [0.05, 0.1) is 31.9 Å². The van der Waals surface area contributed by atoms with Crippen molar-refractivity contribution in [2.45, 2.75) is 13.5 Å². The van der Waals surface area contributed by atoms with Gasteiger partial charge < -0.3 is 9.80 Å². The molecule has 1 heterocycles. The van der Waals surface area contributed by atoms with Crippen molar-refractivity contribution in [3.63, 3.8) is 0 Å². The van der Waals surface area contributed by atoms with Gasteiger partial charge in [-0.2, -0.15) is 0 Å². The first-order chi connectivity index (χ1) is 13.0. The lowest BCUT2D eigenvalue weighted by atomic mass is 10.1. The molecule has 7 heteroatoms. The minimum Gasteiger partial charge on any atom is -0.328 e. The second-order valence-corrected chi connectivity index (χ2v) is 8.80. The largest absolute Gasteiger partial charge is 0.328 e. The number of nitrogens with zero attached hydrogens (tertiary/aromatic N) is 1. The lowest BCUT2D eigenvalue weighted by Gasteiger charge is -2.32. The fourth-order valence-corrected chi connectivity index (χ4v) is 3.84. The fraction of sp³-hybridized carbons (Fsp3) is 0.350. The summed E-state index contributed by atoms with van der Waals surface area (Å²) in [6, 6.07) is 17.0. The van der Waals surface area contributed by atoms with Gasteiger partial charge in [-0.1, -0.05) is 30.3 Å². The molecule has 0 atom stereocenters. The highest BCUT2D eigenvalue weighted by Crippen LogP contribution is 2.13. The topological polar surface area (TPSA) is 70.9 Å².